The van der Waals surface area contributed by atoms with Gasteiger partial charge in [0.05, 0.1) is 43.7 Å². The number of thioether (sulfide) groups is 1. The number of methoxy groups -OCH3 is 2. The summed E-state index contributed by atoms with van der Waals surface area (Å²) in [4.78, 5) is 20.2. The van der Waals surface area contributed by atoms with Gasteiger partial charge in [0.1, 0.15) is 17.2 Å². The Morgan fingerprint density at radius 3 is 2.69 bits per heavy atom. The van der Waals surface area contributed by atoms with Crippen molar-refractivity contribution in [3.05, 3.63) is 42.0 Å². The fraction of sp³-hybridized carbons (Fsp3) is 0.333. The van der Waals surface area contributed by atoms with Gasteiger partial charge in [0.2, 0.25) is 5.91 Å². The van der Waals surface area contributed by atoms with Crippen LogP contribution in [0.4, 0.5) is 0 Å². The number of H-pyrrole nitrogens is 1. The fourth-order valence-corrected chi connectivity index (χ4v) is 3.66. The lowest BCUT2D eigenvalue weighted by Crippen LogP contribution is -2.28. The van der Waals surface area contributed by atoms with E-state index in [4.69, 9.17) is 14.2 Å². The highest BCUT2D eigenvalue weighted by Gasteiger charge is 2.16. The third-order valence-corrected chi connectivity index (χ3v) is 5.24. The Bertz CT molecular complexity index is 989. The highest BCUT2D eigenvalue weighted by Crippen LogP contribution is 2.29. The molecule has 0 aliphatic carbocycles. The minimum absolute atomic E-state index is 0.0946. The maximum Gasteiger partial charge on any atom is 0.230 e. The van der Waals surface area contributed by atoms with Crippen molar-refractivity contribution in [1.82, 2.24) is 15.3 Å². The van der Waals surface area contributed by atoms with Crippen LogP contribution in [-0.4, -0.2) is 42.5 Å². The number of benzene rings is 2. The maximum atomic E-state index is 12.4. The Balaban J connectivity index is 1.62. The number of aromatic nitrogens is 2. The zero-order valence-electron chi connectivity index (χ0n) is 16.9. The van der Waals surface area contributed by atoms with Crippen molar-refractivity contribution in [2.75, 3.05) is 26.6 Å². The van der Waals surface area contributed by atoms with E-state index in [2.05, 4.69) is 15.3 Å². The molecule has 0 unspecified atom stereocenters. The molecule has 3 rings (SSSR count). The Morgan fingerprint density at radius 2 is 1.97 bits per heavy atom. The first-order valence-corrected chi connectivity index (χ1v) is 10.3. The Kier molecular flexibility index (Phi) is 6.87. The van der Waals surface area contributed by atoms with Crippen molar-refractivity contribution in [2.24, 2.45) is 0 Å². The molecule has 0 spiro atoms. The van der Waals surface area contributed by atoms with Crippen LogP contribution in [0.1, 0.15) is 25.5 Å². The third-order valence-electron chi connectivity index (χ3n) is 4.36. The number of rotatable bonds is 9. The van der Waals surface area contributed by atoms with Gasteiger partial charge in [-0.15, -0.1) is 0 Å². The number of ether oxygens (including phenoxy) is 3. The lowest BCUT2D eigenvalue weighted by Gasteiger charge is -2.18. The lowest BCUT2D eigenvalue weighted by molar-refractivity contribution is -0.119. The average molecular weight is 416 g/mol. The predicted molar refractivity (Wildman–Crippen MR) is 114 cm³/mol. The monoisotopic (exact) mass is 415 g/mol. The topological polar surface area (TPSA) is 85.5 Å². The van der Waals surface area contributed by atoms with Gasteiger partial charge in [0.15, 0.2) is 5.16 Å². The molecule has 0 radical (unpaired) electrons. The SMILES string of the molecule is CCOc1ccc2nc(SCC(=O)N[C@@H](C)c3cc(OC)ccc3OC)[nH]c2c1. The summed E-state index contributed by atoms with van der Waals surface area (Å²) in [7, 11) is 3.21. The van der Waals surface area contributed by atoms with E-state index >= 15 is 0 Å². The third kappa shape index (κ3) is 5.14. The molecule has 7 nitrogen and oxygen atoms in total. The van der Waals surface area contributed by atoms with E-state index in [1.165, 1.54) is 11.8 Å². The summed E-state index contributed by atoms with van der Waals surface area (Å²) in [6.07, 6.45) is 0. The van der Waals surface area contributed by atoms with E-state index in [1.807, 2.05) is 50.2 Å². The molecule has 1 amide bonds. The van der Waals surface area contributed by atoms with Gasteiger partial charge in [-0.05, 0) is 44.2 Å². The van der Waals surface area contributed by atoms with Gasteiger partial charge in [-0.3, -0.25) is 4.79 Å². The number of amides is 1. The molecule has 2 N–H and O–H groups in total. The Morgan fingerprint density at radius 1 is 1.17 bits per heavy atom. The number of fused-ring (bicyclic) bond motifs is 1. The molecule has 1 atom stereocenters. The largest absolute Gasteiger partial charge is 0.497 e. The molecule has 0 saturated carbocycles. The average Bonchev–Trinajstić information content (AvgIpc) is 3.14. The normalized spacial score (nSPS) is 11.9. The van der Waals surface area contributed by atoms with Crippen LogP contribution in [0.2, 0.25) is 0 Å². The lowest BCUT2D eigenvalue weighted by atomic mass is 10.1. The Labute approximate surface area is 174 Å². The first-order chi connectivity index (χ1) is 14.0. The van der Waals surface area contributed by atoms with E-state index in [0.717, 1.165) is 22.3 Å². The summed E-state index contributed by atoms with van der Waals surface area (Å²) in [6.45, 7) is 4.47. The summed E-state index contributed by atoms with van der Waals surface area (Å²) >= 11 is 1.35. The van der Waals surface area contributed by atoms with Crippen LogP contribution in [0.15, 0.2) is 41.6 Å². The van der Waals surface area contributed by atoms with Crippen LogP contribution in [-0.2, 0) is 4.79 Å². The molecule has 0 saturated heterocycles. The van der Waals surface area contributed by atoms with Gasteiger partial charge in [-0.25, -0.2) is 4.98 Å². The highest BCUT2D eigenvalue weighted by atomic mass is 32.2. The van der Waals surface area contributed by atoms with Crippen LogP contribution in [0.25, 0.3) is 11.0 Å². The van der Waals surface area contributed by atoms with Gasteiger partial charge < -0.3 is 24.5 Å². The summed E-state index contributed by atoms with van der Waals surface area (Å²) < 4.78 is 16.2. The maximum absolute atomic E-state index is 12.4. The molecule has 0 aliphatic heterocycles. The van der Waals surface area contributed by atoms with E-state index < -0.39 is 0 Å². The fourth-order valence-electron chi connectivity index (χ4n) is 2.96. The van der Waals surface area contributed by atoms with Crippen LogP contribution in [0.5, 0.6) is 17.2 Å². The van der Waals surface area contributed by atoms with E-state index in [-0.39, 0.29) is 17.7 Å². The Hall–Kier alpha value is -2.87. The summed E-state index contributed by atoms with van der Waals surface area (Å²) in [5, 5.41) is 3.69. The molecular formula is C21H25N3O4S. The molecule has 0 bridgehead atoms. The number of hydrogen-bond acceptors (Lipinski definition) is 6. The highest BCUT2D eigenvalue weighted by molar-refractivity contribution is 7.99. The van der Waals surface area contributed by atoms with Gasteiger partial charge in [-0.1, -0.05) is 11.8 Å². The number of nitrogens with one attached hydrogen (secondary N) is 2. The van der Waals surface area contributed by atoms with Crippen molar-refractivity contribution >= 4 is 28.7 Å². The number of imidazole rings is 1. The minimum atomic E-state index is -0.224. The number of carbonyl (C=O) groups excluding carboxylic acids is 1. The van der Waals surface area contributed by atoms with Crippen LogP contribution >= 0.6 is 11.8 Å². The number of nitrogens with zero attached hydrogens (tertiary/aromatic N) is 1. The summed E-state index contributed by atoms with van der Waals surface area (Å²) in [5.74, 6) is 2.36. The zero-order chi connectivity index (χ0) is 20.8. The summed E-state index contributed by atoms with van der Waals surface area (Å²) in [5.41, 5.74) is 2.58. The molecule has 154 valence electrons. The number of aromatic amines is 1. The number of carbonyl (C=O) groups is 1. The second kappa shape index (κ2) is 9.56. The van der Waals surface area contributed by atoms with Crippen molar-refractivity contribution < 1.29 is 19.0 Å². The molecule has 0 fully saturated rings. The van der Waals surface area contributed by atoms with Gasteiger partial charge in [0.25, 0.3) is 0 Å². The van der Waals surface area contributed by atoms with E-state index in [9.17, 15) is 4.79 Å². The molecule has 8 heteroatoms. The first kappa shape index (κ1) is 20.9. The molecule has 0 aliphatic rings. The molecule has 3 aromatic rings. The smallest absolute Gasteiger partial charge is 0.230 e. The first-order valence-electron chi connectivity index (χ1n) is 9.30. The van der Waals surface area contributed by atoms with Crippen molar-refractivity contribution in [2.45, 2.75) is 25.0 Å². The molecule has 29 heavy (non-hydrogen) atoms. The standard InChI is InChI=1S/C21H25N3O4S/c1-5-28-15-6-8-17-18(11-15)24-21(23-17)29-12-20(25)22-13(2)16-10-14(26-3)7-9-19(16)27-4/h6-11,13H,5,12H2,1-4H3,(H,22,25)(H,23,24)/t13-/m0/s1. The van der Waals surface area contributed by atoms with E-state index in [1.54, 1.807) is 14.2 Å². The summed E-state index contributed by atoms with van der Waals surface area (Å²) in [6, 6.07) is 11.0. The zero-order valence-corrected chi connectivity index (χ0v) is 17.8. The van der Waals surface area contributed by atoms with Crippen molar-refractivity contribution in [3.8, 4) is 17.2 Å². The van der Waals surface area contributed by atoms with E-state index in [0.29, 0.717) is 23.3 Å². The van der Waals surface area contributed by atoms with Gasteiger partial charge >= 0.3 is 0 Å². The van der Waals surface area contributed by atoms with Crippen molar-refractivity contribution in [3.63, 3.8) is 0 Å². The van der Waals surface area contributed by atoms with Gasteiger partial charge in [0, 0.05) is 11.6 Å². The van der Waals surface area contributed by atoms with Crippen LogP contribution < -0.4 is 19.5 Å². The molecule has 1 heterocycles. The predicted octanol–water partition coefficient (Wildman–Crippen LogP) is 3.95. The minimum Gasteiger partial charge on any atom is -0.497 e. The second-order valence-electron chi connectivity index (χ2n) is 6.34. The van der Waals surface area contributed by atoms with Crippen molar-refractivity contribution in [1.29, 1.82) is 0 Å². The van der Waals surface area contributed by atoms with Crippen LogP contribution in [0.3, 0.4) is 0 Å². The number of hydrogen-bond donors (Lipinski definition) is 2. The van der Waals surface area contributed by atoms with Crippen LogP contribution in [0, 0.1) is 0 Å². The molecule has 2 aromatic carbocycles. The quantitative estimate of drug-likeness (QED) is 0.515. The molecular weight excluding hydrogens is 390 g/mol. The molecule has 1 aromatic heterocycles. The second-order valence-corrected chi connectivity index (χ2v) is 7.30. The van der Waals surface area contributed by atoms with Gasteiger partial charge in [-0.2, -0.15) is 0 Å².